The van der Waals surface area contributed by atoms with Crippen LogP contribution in [-0.4, -0.2) is 23.2 Å². The maximum atomic E-state index is 12.6. The number of hydrogen-bond acceptors (Lipinski definition) is 5. The molecule has 24 heavy (non-hydrogen) atoms. The number of aliphatic hydroxyl groups is 1. The molecule has 0 fully saturated rings. The fraction of sp³-hybridized carbons (Fsp3) is 0.421. The van der Waals surface area contributed by atoms with Crippen LogP contribution in [0.4, 0.5) is 0 Å². The maximum absolute atomic E-state index is 12.6. The lowest BCUT2D eigenvalue weighted by Gasteiger charge is -2.41. The van der Waals surface area contributed by atoms with E-state index in [1.165, 1.54) is 10.5 Å². The Balaban J connectivity index is 1.88. The second-order valence-electron chi connectivity index (χ2n) is 7.19. The van der Waals surface area contributed by atoms with Crippen molar-refractivity contribution >= 4 is 17.5 Å². The van der Waals surface area contributed by atoms with Crippen LogP contribution in [0.5, 0.6) is 0 Å². The number of benzene rings is 1. The number of carbonyl (C=O) groups excluding carboxylic acids is 1. The molecule has 0 radical (unpaired) electrons. The third kappa shape index (κ3) is 3.04. The van der Waals surface area contributed by atoms with E-state index in [1.807, 2.05) is 32.1 Å². The second-order valence-corrected chi connectivity index (χ2v) is 8.27. The largest absolute Gasteiger partial charge is 0.476 e. The van der Waals surface area contributed by atoms with Gasteiger partial charge in [-0.3, -0.25) is 10.5 Å². The quantitative estimate of drug-likeness (QED) is 0.820. The van der Waals surface area contributed by atoms with Gasteiger partial charge in [-0.25, -0.2) is 0 Å². The van der Waals surface area contributed by atoms with Gasteiger partial charge in [-0.15, -0.1) is 0 Å². The standard InChI is InChI=1S/C19H23NO3S/c1-18(2,11-21)19(3,20)23-13-9-15(22)14-8-12-6-4-5-7-16(12)24-17(14)10-13/h4-7,10,21H,8-9,11,20H2,1-3H3. The summed E-state index contributed by atoms with van der Waals surface area (Å²) in [4.78, 5) is 14.7. The lowest BCUT2D eigenvalue weighted by atomic mass is 9.83. The number of nitrogens with two attached hydrogens (primary N) is 1. The number of ether oxygens (including phenoxy) is 1. The predicted octanol–water partition coefficient (Wildman–Crippen LogP) is 3.16. The number of allylic oxidation sites excluding steroid dienone is 3. The molecule has 128 valence electrons. The molecule has 5 heteroatoms. The Labute approximate surface area is 146 Å². The minimum atomic E-state index is -1.07. The zero-order chi connectivity index (χ0) is 17.5. The highest BCUT2D eigenvalue weighted by Gasteiger charge is 2.41. The van der Waals surface area contributed by atoms with Crippen LogP contribution in [0.25, 0.3) is 0 Å². The van der Waals surface area contributed by atoms with Gasteiger partial charge in [0, 0.05) is 27.2 Å². The van der Waals surface area contributed by atoms with Crippen molar-refractivity contribution in [1.82, 2.24) is 0 Å². The number of rotatable bonds is 4. The highest BCUT2D eigenvalue weighted by Crippen LogP contribution is 2.43. The summed E-state index contributed by atoms with van der Waals surface area (Å²) >= 11 is 1.60. The van der Waals surface area contributed by atoms with Gasteiger partial charge in [-0.2, -0.15) is 0 Å². The molecule has 1 aliphatic heterocycles. The van der Waals surface area contributed by atoms with Gasteiger partial charge in [0.05, 0.1) is 13.0 Å². The molecular weight excluding hydrogens is 322 g/mol. The summed E-state index contributed by atoms with van der Waals surface area (Å²) in [7, 11) is 0. The van der Waals surface area contributed by atoms with Gasteiger partial charge >= 0.3 is 0 Å². The molecule has 0 saturated carbocycles. The Bertz CT molecular complexity index is 747. The molecule has 1 aliphatic carbocycles. The molecule has 4 nitrogen and oxygen atoms in total. The summed E-state index contributed by atoms with van der Waals surface area (Å²) in [5, 5.41) is 9.55. The Morgan fingerprint density at radius 1 is 1.25 bits per heavy atom. The van der Waals surface area contributed by atoms with Crippen molar-refractivity contribution in [2.75, 3.05) is 6.61 Å². The molecule has 3 N–H and O–H groups in total. The number of thioether (sulfide) groups is 1. The topological polar surface area (TPSA) is 72.6 Å². The van der Waals surface area contributed by atoms with E-state index in [-0.39, 0.29) is 18.8 Å². The summed E-state index contributed by atoms with van der Waals surface area (Å²) in [6.45, 7) is 5.32. The van der Waals surface area contributed by atoms with Crippen molar-refractivity contribution in [1.29, 1.82) is 0 Å². The van der Waals surface area contributed by atoms with Crippen LogP contribution in [0.3, 0.4) is 0 Å². The van der Waals surface area contributed by atoms with Crippen molar-refractivity contribution in [3.8, 4) is 0 Å². The van der Waals surface area contributed by atoms with Crippen LogP contribution in [0.1, 0.15) is 32.8 Å². The Morgan fingerprint density at radius 2 is 1.96 bits per heavy atom. The van der Waals surface area contributed by atoms with Crippen molar-refractivity contribution in [3.05, 3.63) is 52.1 Å². The summed E-state index contributed by atoms with van der Waals surface area (Å²) in [5.74, 6) is 0.652. The first-order valence-corrected chi connectivity index (χ1v) is 8.86. The Hall–Kier alpha value is -1.56. The molecule has 0 saturated heterocycles. The average molecular weight is 345 g/mol. The van der Waals surface area contributed by atoms with E-state index in [1.54, 1.807) is 18.7 Å². The lowest BCUT2D eigenvalue weighted by molar-refractivity contribution is -0.119. The minimum Gasteiger partial charge on any atom is -0.476 e. The van der Waals surface area contributed by atoms with E-state index in [0.29, 0.717) is 12.2 Å². The summed E-state index contributed by atoms with van der Waals surface area (Å²) in [5.41, 5.74) is 6.62. The van der Waals surface area contributed by atoms with Crippen LogP contribution >= 0.6 is 11.8 Å². The first-order chi connectivity index (χ1) is 11.2. The van der Waals surface area contributed by atoms with Gasteiger partial charge in [-0.1, -0.05) is 43.8 Å². The molecule has 0 amide bonds. The predicted molar refractivity (Wildman–Crippen MR) is 95.3 cm³/mol. The molecule has 1 aromatic rings. The highest BCUT2D eigenvalue weighted by molar-refractivity contribution is 8.03. The molecule has 0 aromatic heterocycles. The van der Waals surface area contributed by atoms with Crippen molar-refractivity contribution in [2.24, 2.45) is 11.1 Å². The first kappa shape index (κ1) is 17.3. The van der Waals surface area contributed by atoms with E-state index in [2.05, 4.69) is 12.1 Å². The number of fused-ring (bicyclic) bond motifs is 1. The van der Waals surface area contributed by atoms with Crippen LogP contribution in [0, 0.1) is 5.41 Å². The fourth-order valence-corrected chi connectivity index (χ4v) is 3.81. The average Bonchev–Trinajstić information content (AvgIpc) is 2.52. The maximum Gasteiger partial charge on any atom is 0.167 e. The third-order valence-electron chi connectivity index (χ3n) is 4.90. The van der Waals surface area contributed by atoms with Gasteiger partial charge in [0.15, 0.2) is 11.5 Å². The lowest BCUT2D eigenvalue weighted by Crippen LogP contribution is -2.54. The zero-order valence-electron chi connectivity index (χ0n) is 14.3. The van der Waals surface area contributed by atoms with Gasteiger partial charge in [0.2, 0.25) is 0 Å². The molecule has 1 heterocycles. The molecule has 0 bridgehead atoms. The number of hydrogen-bond donors (Lipinski definition) is 2. The third-order valence-corrected chi connectivity index (χ3v) is 6.11. The molecule has 2 aliphatic rings. The number of ketones is 1. The first-order valence-electron chi connectivity index (χ1n) is 8.05. The van der Waals surface area contributed by atoms with Crippen molar-refractivity contribution < 1.29 is 14.6 Å². The number of Topliss-reactive ketones (excluding diaryl/α,β-unsaturated/α-hetero) is 1. The molecule has 0 spiro atoms. The van der Waals surface area contributed by atoms with Crippen LogP contribution < -0.4 is 5.73 Å². The van der Waals surface area contributed by atoms with E-state index >= 15 is 0 Å². The van der Waals surface area contributed by atoms with Crippen molar-refractivity contribution in [2.45, 2.75) is 44.2 Å². The van der Waals surface area contributed by atoms with Crippen LogP contribution in [0.2, 0.25) is 0 Å². The van der Waals surface area contributed by atoms with Gasteiger partial charge in [0.1, 0.15) is 5.76 Å². The minimum absolute atomic E-state index is 0.0853. The second kappa shape index (κ2) is 6.06. The molecule has 1 unspecified atom stereocenters. The Kier molecular flexibility index (Phi) is 4.36. The van der Waals surface area contributed by atoms with E-state index in [4.69, 9.17) is 10.5 Å². The zero-order valence-corrected chi connectivity index (χ0v) is 15.1. The smallest absolute Gasteiger partial charge is 0.167 e. The Morgan fingerprint density at radius 3 is 2.67 bits per heavy atom. The van der Waals surface area contributed by atoms with Crippen molar-refractivity contribution in [3.63, 3.8) is 0 Å². The number of aliphatic hydroxyl groups excluding tert-OH is 1. The monoisotopic (exact) mass is 345 g/mol. The molecule has 3 rings (SSSR count). The van der Waals surface area contributed by atoms with Gasteiger partial charge in [-0.05, 0) is 24.6 Å². The number of carbonyl (C=O) groups is 1. The van der Waals surface area contributed by atoms with Gasteiger partial charge < -0.3 is 9.84 Å². The normalized spacial score (nSPS) is 20.0. The van der Waals surface area contributed by atoms with E-state index in [9.17, 15) is 9.90 Å². The van der Waals surface area contributed by atoms with Gasteiger partial charge in [0.25, 0.3) is 0 Å². The summed E-state index contributed by atoms with van der Waals surface area (Å²) < 4.78 is 5.95. The van der Waals surface area contributed by atoms with E-state index in [0.717, 1.165) is 10.5 Å². The van der Waals surface area contributed by atoms with Crippen LogP contribution in [0.15, 0.2) is 51.5 Å². The molecule has 1 atom stereocenters. The van der Waals surface area contributed by atoms with Crippen LogP contribution in [-0.2, 0) is 16.0 Å². The highest BCUT2D eigenvalue weighted by atomic mass is 32.2. The fourth-order valence-electron chi connectivity index (χ4n) is 2.65. The summed E-state index contributed by atoms with van der Waals surface area (Å²) in [6.07, 6.45) is 2.81. The van der Waals surface area contributed by atoms with E-state index < -0.39 is 11.1 Å². The molecular formula is C19H23NO3S. The SMILES string of the molecule is CC(C)(CO)C(C)(N)OC1=CC2=C(Cc3ccccc3S2)C(=O)C1. The summed E-state index contributed by atoms with van der Waals surface area (Å²) in [6, 6.07) is 8.14. The molecule has 1 aromatic carbocycles.